The van der Waals surface area contributed by atoms with Crippen LogP contribution in [0, 0.1) is 6.92 Å². The maximum Gasteiger partial charge on any atom is 0.203 e. The molecular formula is C10H14N4S. The van der Waals surface area contributed by atoms with Crippen LogP contribution >= 0.6 is 11.3 Å². The minimum absolute atomic E-state index is 0.794. The Morgan fingerprint density at radius 3 is 3.00 bits per heavy atom. The summed E-state index contributed by atoms with van der Waals surface area (Å²) >= 11 is 1.71. The second kappa shape index (κ2) is 4.44. The van der Waals surface area contributed by atoms with Crippen molar-refractivity contribution in [3.63, 3.8) is 0 Å². The van der Waals surface area contributed by atoms with Crippen LogP contribution in [0.15, 0.2) is 18.6 Å². The quantitative estimate of drug-likeness (QED) is 0.863. The van der Waals surface area contributed by atoms with Gasteiger partial charge in [-0.1, -0.05) is 0 Å². The van der Waals surface area contributed by atoms with Crippen LogP contribution in [0.2, 0.25) is 0 Å². The number of thiazole rings is 1. The minimum Gasteiger partial charge on any atom is -0.351 e. The van der Waals surface area contributed by atoms with Gasteiger partial charge in [0.1, 0.15) is 0 Å². The maximum absolute atomic E-state index is 4.24. The molecule has 2 rings (SSSR count). The summed E-state index contributed by atoms with van der Waals surface area (Å²) in [6, 6.07) is 0. The van der Waals surface area contributed by atoms with Crippen molar-refractivity contribution in [1.82, 2.24) is 14.5 Å². The summed E-state index contributed by atoms with van der Waals surface area (Å²) in [7, 11) is 0. The zero-order valence-electron chi connectivity index (χ0n) is 8.90. The van der Waals surface area contributed by atoms with Crippen molar-refractivity contribution >= 4 is 17.3 Å². The van der Waals surface area contributed by atoms with Gasteiger partial charge in [0, 0.05) is 30.0 Å². The Labute approximate surface area is 93.0 Å². The van der Waals surface area contributed by atoms with Crippen LogP contribution in [0.4, 0.5) is 5.95 Å². The summed E-state index contributed by atoms with van der Waals surface area (Å²) in [5.41, 5.74) is 0. The summed E-state index contributed by atoms with van der Waals surface area (Å²) < 4.78 is 2.08. The Bertz CT molecular complexity index is 432. The lowest BCUT2D eigenvalue weighted by atomic mass is 10.5. The van der Waals surface area contributed by atoms with Gasteiger partial charge in [-0.25, -0.2) is 9.97 Å². The van der Waals surface area contributed by atoms with Crippen LogP contribution in [-0.4, -0.2) is 14.5 Å². The largest absolute Gasteiger partial charge is 0.351 e. The van der Waals surface area contributed by atoms with Crippen molar-refractivity contribution < 1.29 is 0 Å². The average Bonchev–Trinajstić information content (AvgIpc) is 2.83. The molecule has 4 nitrogen and oxygen atoms in total. The summed E-state index contributed by atoms with van der Waals surface area (Å²) in [5, 5.41) is 4.40. The molecule has 0 radical (unpaired) electrons. The highest BCUT2D eigenvalue weighted by Gasteiger charge is 2.01. The Balaban J connectivity index is 1.98. The number of anilines is 1. The Kier molecular flexibility index (Phi) is 3.01. The van der Waals surface area contributed by atoms with E-state index in [1.807, 2.05) is 25.5 Å². The van der Waals surface area contributed by atoms with Crippen molar-refractivity contribution in [2.45, 2.75) is 26.9 Å². The lowest BCUT2D eigenvalue weighted by molar-refractivity contribution is 0.764. The fraction of sp³-hybridized carbons (Fsp3) is 0.400. The zero-order valence-corrected chi connectivity index (χ0v) is 9.71. The minimum atomic E-state index is 0.794. The second-order valence-corrected chi connectivity index (χ2v) is 4.56. The van der Waals surface area contributed by atoms with E-state index in [-0.39, 0.29) is 0 Å². The van der Waals surface area contributed by atoms with Crippen molar-refractivity contribution in [3.8, 4) is 0 Å². The number of rotatable bonds is 4. The molecule has 0 bridgehead atoms. The summed E-state index contributed by atoms with van der Waals surface area (Å²) in [6.07, 6.45) is 5.69. The van der Waals surface area contributed by atoms with Gasteiger partial charge in [0.15, 0.2) is 0 Å². The van der Waals surface area contributed by atoms with Crippen LogP contribution in [0.1, 0.15) is 16.8 Å². The number of aryl methyl sites for hydroxylation is 2. The zero-order chi connectivity index (χ0) is 10.7. The fourth-order valence-electron chi connectivity index (χ4n) is 1.38. The fourth-order valence-corrected chi connectivity index (χ4v) is 2.12. The number of imidazole rings is 1. The Hall–Kier alpha value is -1.36. The third-order valence-electron chi connectivity index (χ3n) is 2.15. The molecular weight excluding hydrogens is 208 g/mol. The van der Waals surface area contributed by atoms with Gasteiger partial charge in [-0.05, 0) is 13.8 Å². The van der Waals surface area contributed by atoms with Crippen LogP contribution in [0.25, 0.3) is 0 Å². The first-order valence-electron chi connectivity index (χ1n) is 4.96. The van der Waals surface area contributed by atoms with Gasteiger partial charge in [-0.15, -0.1) is 11.3 Å². The van der Waals surface area contributed by atoms with Crippen LogP contribution < -0.4 is 5.32 Å². The molecule has 0 atom stereocenters. The molecule has 15 heavy (non-hydrogen) atoms. The molecule has 80 valence electrons. The molecule has 0 aliphatic rings. The molecule has 5 heteroatoms. The van der Waals surface area contributed by atoms with Gasteiger partial charge in [0.25, 0.3) is 0 Å². The van der Waals surface area contributed by atoms with E-state index in [1.165, 1.54) is 4.88 Å². The van der Waals surface area contributed by atoms with E-state index in [4.69, 9.17) is 0 Å². The molecule has 0 aromatic carbocycles. The van der Waals surface area contributed by atoms with Gasteiger partial charge >= 0.3 is 0 Å². The number of hydrogen-bond acceptors (Lipinski definition) is 4. The van der Waals surface area contributed by atoms with Crippen LogP contribution in [-0.2, 0) is 13.1 Å². The maximum atomic E-state index is 4.24. The molecule has 0 spiro atoms. The lowest BCUT2D eigenvalue weighted by Crippen LogP contribution is -2.05. The molecule has 0 fully saturated rings. The molecule has 2 heterocycles. The highest BCUT2D eigenvalue weighted by Crippen LogP contribution is 2.13. The van der Waals surface area contributed by atoms with E-state index in [1.54, 1.807) is 11.3 Å². The van der Waals surface area contributed by atoms with Gasteiger partial charge < -0.3 is 9.88 Å². The molecule has 0 aliphatic heterocycles. The standard InChI is InChI=1S/C10H14N4S/c1-3-14-5-4-11-10(14)13-7-9-6-12-8(2)15-9/h4-6H,3,7H2,1-2H3,(H,11,13). The summed E-state index contributed by atoms with van der Waals surface area (Å²) in [6.45, 7) is 5.84. The monoisotopic (exact) mass is 222 g/mol. The SMILES string of the molecule is CCn1ccnc1NCc1cnc(C)s1. The smallest absolute Gasteiger partial charge is 0.203 e. The van der Waals surface area contributed by atoms with E-state index in [0.717, 1.165) is 24.0 Å². The van der Waals surface area contributed by atoms with Gasteiger partial charge in [-0.2, -0.15) is 0 Å². The van der Waals surface area contributed by atoms with Gasteiger partial charge in [0.2, 0.25) is 5.95 Å². The average molecular weight is 222 g/mol. The van der Waals surface area contributed by atoms with Crippen molar-refractivity contribution in [1.29, 1.82) is 0 Å². The molecule has 0 unspecified atom stereocenters. The number of nitrogens with zero attached hydrogens (tertiary/aromatic N) is 3. The normalized spacial score (nSPS) is 10.5. The lowest BCUT2D eigenvalue weighted by Gasteiger charge is -2.05. The highest BCUT2D eigenvalue weighted by molar-refractivity contribution is 7.11. The van der Waals surface area contributed by atoms with Crippen molar-refractivity contribution in [2.75, 3.05) is 5.32 Å². The summed E-state index contributed by atoms with van der Waals surface area (Å²) in [5.74, 6) is 0.920. The third-order valence-corrected chi connectivity index (χ3v) is 3.06. The summed E-state index contributed by atoms with van der Waals surface area (Å²) in [4.78, 5) is 9.69. The van der Waals surface area contributed by atoms with E-state index in [9.17, 15) is 0 Å². The van der Waals surface area contributed by atoms with E-state index >= 15 is 0 Å². The molecule has 2 aromatic heterocycles. The first-order valence-corrected chi connectivity index (χ1v) is 5.77. The Morgan fingerprint density at radius 1 is 1.47 bits per heavy atom. The molecule has 1 N–H and O–H groups in total. The third kappa shape index (κ3) is 2.36. The van der Waals surface area contributed by atoms with Gasteiger partial charge in [-0.3, -0.25) is 0 Å². The second-order valence-electron chi connectivity index (χ2n) is 3.24. The van der Waals surface area contributed by atoms with Gasteiger partial charge in [0.05, 0.1) is 11.6 Å². The topological polar surface area (TPSA) is 42.7 Å². The number of hydrogen-bond donors (Lipinski definition) is 1. The molecule has 0 amide bonds. The van der Waals surface area contributed by atoms with Crippen molar-refractivity contribution in [2.24, 2.45) is 0 Å². The highest BCUT2D eigenvalue weighted by atomic mass is 32.1. The predicted octanol–water partition coefficient (Wildman–Crippen LogP) is 2.28. The molecule has 0 saturated heterocycles. The first-order chi connectivity index (χ1) is 7.29. The first kappa shape index (κ1) is 10.2. The van der Waals surface area contributed by atoms with E-state index < -0.39 is 0 Å². The molecule has 2 aromatic rings. The predicted molar refractivity (Wildman–Crippen MR) is 62.1 cm³/mol. The van der Waals surface area contributed by atoms with Crippen molar-refractivity contribution in [3.05, 3.63) is 28.5 Å². The number of nitrogens with one attached hydrogen (secondary N) is 1. The molecule has 0 saturated carbocycles. The van der Waals surface area contributed by atoms with E-state index in [0.29, 0.717) is 0 Å². The number of aromatic nitrogens is 3. The van der Waals surface area contributed by atoms with E-state index in [2.05, 4.69) is 26.8 Å². The molecule has 0 aliphatic carbocycles. The van der Waals surface area contributed by atoms with Crippen LogP contribution in [0.5, 0.6) is 0 Å². The van der Waals surface area contributed by atoms with Crippen LogP contribution in [0.3, 0.4) is 0 Å². The Morgan fingerprint density at radius 2 is 2.33 bits per heavy atom.